The third kappa shape index (κ3) is 3.40. The van der Waals surface area contributed by atoms with E-state index < -0.39 is 16.4 Å². The number of nitro groups is 1. The normalized spacial score (nSPS) is 25.7. The summed E-state index contributed by atoms with van der Waals surface area (Å²) in [4.78, 5) is 41.9. The van der Waals surface area contributed by atoms with Crippen molar-refractivity contribution in [3.8, 4) is 5.75 Å². The van der Waals surface area contributed by atoms with Crippen molar-refractivity contribution in [2.24, 2.45) is 5.92 Å². The number of non-ortho nitro benzene ring substituents is 1. The smallest absolute Gasteiger partial charge is 0.269 e. The van der Waals surface area contributed by atoms with Crippen LogP contribution in [-0.2, 0) is 16.8 Å². The Bertz CT molecular complexity index is 1440. The zero-order valence-electron chi connectivity index (χ0n) is 21.3. The number of benzene rings is 3. The summed E-state index contributed by atoms with van der Waals surface area (Å²) in [6, 6.07) is 19.5. The number of nitrogens with zero attached hydrogens (tertiary/aromatic N) is 2. The van der Waals surface area contributed by atoms with Gasteiger partial charge in [0.05, 0.1) is 18.0 Å². The Kier molecular flexibility index (Phi) is 5.79. The predicted molar refractivity (Wildman–Crippen MR) is 143 cm³/mol. The number of methoxy groups -OCH3 is 1. The minimum absolute atomic E-state index is 0.000637. The molecule has 3 aromatic rings. The van der Waals surface area contributed by atoms with Crippen LogP contribution in [-0.4, -0.2) is 41.2 Å². The van der Waals surface area contributed by atoms with E-state index in [1.54, 1.807) is 43.5 Å². The molecule has 3 unspecified atom stereocenters. The van der Waals surface area contributed by atoms with Crippen LogP contribution in [0, 0.1) is 16.0 Å². The molecular formula is C30H29N3O5. The number of hydrogen-bond donors (Lipinski definition) is 1. The van der Waals surface area contributed by atoms with Gasteiger partial charge in [-0.05, 0) is 67.3 Å². The first-order valence-electron chi connectivity index (χ1n) is 13.0. The van der Waals surface area contributed by atoms with Gasteiger partial charge in [-0.3, -0.25) is 24.6 Å². The van der Waals surface area contributed by atoms with Crippen molar-refractivity contribution in [3.63, 3.8) is 0 Å². The molecular weight excluding hydrogens is 482 g/mol. The highest BCUT2D eigenvalue weighted by Crippen LogP contribution is 2.61. The third-order valence-corrected chi connectivity index (χ3v) is 8.62. The Morgan fingerprint density at radius 1 is 1.13 bits per heavy atom. The molecule has 8 heteroatoms. The summed E-state index contributed by atoms with van der Waals surface area (Å²) in [6.45, 7) is 2.77. The lowest BCUT2D eigenvalue weighted by atomic mass is 9.68. The van der Waals surface area contributed by atoms with E-state index in [0.29, 0.717) is 17.9 Å². The zero-order chi connectivity index (χ0) is 26.6. The lowest BCUT2D eigenvalue weighted by Gasteiger charge is -2.37. The largest absolute Gasteiger partial charge is 0.497 e. The number of amides is 1. The van der Waals surface area contributed by atoms with Crippen molar-refractivity contribution in [1.82, 2.24) is 4.90 Å². The highest BCUT2D eigenvalue weighted by Gasteiger charge is 2.69. The minimum Gasteiger partial charge on any atom is -0.497 e. The zero-order valence-corrected chi connectivity index (χ0v) is 21.3. The molecule has 1 amide bonds. The van der Waals surface area contributed by atoms with Crippen molar-refractivity contribution < 1.29 is 19.2 Å². The van der Waals surface area contributed by atoms with Gasteiger partial charge in [0, 0.05) is 40.9 Å². The highest BCUT2D eigenvalue weighted by atomic mass is 16.6. The molecule has 3 aliphatic rings. The summed E-state index contributed by atoms with van der Waals surface area (Å²) in [5, 5.41) is 14.5. The summed E-state index contributed by atoms with van der Waals surface area (Å²) in [6.07, 6.45) is 2.56. The first-order valence-corrected chi connectivity index (χ1v) is 13.0. The Morgan fingerprint density at radius 2 is 1.87 bits per heavy atom. The molecule has 0 aliphatic carbocycles. The summed E-state index contributed by atoms with van der Waals surface area (Å²) in [5.41, 5.74) is 2.88. The maximum absolute atomic E-state index is 14.6. The molecule has 0 radical (unpaired) electrons. The average molecular weight is 512 g/mol. The van der Waals surface area contributed by atoms with Crippen molar-refractivity contribution in [1.29, 1.82) is 0 Å². The fraction of sp³-hybridized carbons (Fsp3) is 0.333. The topological polar surface area (TPSA) is 102 Å². The number of hydrogen-bond acceptors (Lipinski definition) is 6. The highest BCUT2D eigenvalue weighted by molar-refractivity contribution is 6.12. The number of Topliss-reactive ketones (excluding diaryl/α,β-unsaturated/α-hetero) is 1. The number of aryl methyl sites for hydroxylation is 1. The van der Waals surface area contributed by atoms with Crippen LogP contribution in [0.2, 0.25) is 0 Å². The van der Waals surface area contributed by atoms with Crippen LogP contribution in [0.3, 0.4) is 0 Å². The number of nitrogens with one attached hydrogen (secondary N) is 1. The van der Waals surface area contributed by atoms with E-state index >= 15 is 0 Å². The molecule has 1 N–H and O–H groups in total. The van der Waals surface area contributed by atoms with Gasteiger partial charge in [0.25, 0.3) is 5.69 Å². The Hall–Kier alpha value is -4.04. The number of nitro benzene ring substituents is 1. The molecule has 4 atom stereocenters. The van der Waals surface area contributed by atoms with E-state index in [0.717, 1.165) is 41.6 Å². The van der Waals surface area contributed by atoms with Gasteiger partial charge in [-0.15, -0.1) is 0 Å². The van der Waals surface area contributed by atoms with E-state index in [-0.39, 0.29) is 29.3 Å². The number of anilines is 1. The molecule has 38 heavy (non-hydrogen) atoms. The van der Waals surface area contributed by atoms with Crippen LogP contribution in [0.4, 0.5) is 11.4 Å². The first-order chi connectivity index (χ1) is 18.4. The molecule has 0 bridgehead atoms. The number of fused-ring (bicyclic) bond motifs is 4. The summed E-state index contributed by atoms with van der Waals surface area (Å²) in [5.74, 6) is -0.670. The van der Waals surface area contributed by atoms with Gasteiger partial charge in [0.1, 0.15) is 11.3 Å². The van der Waals surface area contributed by atoms with E-state index in [9.17, 15) is 19.7 Å². The second-order valence-electron chi connectivity index (χ2n) is 10.3. The lowest BCUT2D eigenvalue weighted by molar-refractivity contribution is -0.384. The van der Waals surface area contributed by atoms with Crippen LogP contribution in [0.15, 0.2) is 66.7 Å². The van der Waals surface area contributed by atoms with Crippen LogP contribution < -0.4 is 10.1 Å². The Morgan fingerprint density at radius 3 is 2.53 bits per heavy atom. The molecule has 2 saturated heterocycles. The second-order valence-corrected chi connectivity index (χ2v) is 10.3. The van der Waals surface area contributed by atoms with Crippen molar-refractivity contribution in [2.75, 3.05) is 19.0 Å². The van der Waals surface area contributed by atoms with Crippen molar-refractivity contribution in [3.05, 3.63) is 99.1 Å². The fourth-order valence-electron chi connectivity index (χ4n) is 6.95. The van der Waals surface area contributed by atoms with E-state index in [4.69, 9.17) is 4.74 Å². The molecule has 0 aromatic heterocycles. The number of carbonyl (C=O) groups excluding carboxylic acids is 2. The van der Waals surface area contributed by atoms with Gasteiger partial charge in [0.15, 0.2) is 5.78 Å². The minimum atomic E-state index is -1.16. The van der Waals surface area contributed by atoms with Crippen LogP contribution >= 0.6 is 0 Å². The Balaban J connectivity index is 1.58. The number of ether oxygens (including phenoxy) is 1. The summed E-state index contributed by atoms with van der Waals surface area (Å²) >= 11 is 0. The van der Waals surface area contributed by atoms with Crippen molar-refractivity contribution in [2.45, 2.75) is 43.7 Å². The van der Waals surface area contributed by atoms with E-state index in [2.05, 4.69) is 23.2 Å². The second kappa shape index (κ2) is 9.06. The predicted octanol–water partition coefficient (Wildman–Crippen LogP) is 5.07. The van der Waals surface area contributed by atoms with Crippen LogP contribution in [0.25, 0.3) is 0 Å². The molecule has 3 heterocycles. The standard InChI is InChI=1S/C30H29N3O5/c1-3-18-6-15-24-23(17-18)30(29(35)31-24)27(28(34)20-9-13-22(38-2)14-10-20)26(25-5-4-16-32(25)30)19-7-11-21(12-8-19)33(36)37/h6-15,17,25-27H,3-5,16H2,1-2H3,(H,31,35)/t25?,26?,27?,30-/m1/s1. The van der Waals surface area contributed by atoms with Gasteiger partial charge >= 0.3 is 0 Å². The van der Waals surface area contributed by atoms with E-state index in [1.165, 1.54) is 12.1 Å². The molecule has 3 aromatic carbocycles. The van der Waals surface area contributed by atoms with E-state index in [1.807, 2.05) is 12.1 Å². The quantitative estimate of drug-likeness (QED) is 0.282. The third-order valence-electron chi connectivity index (χ3n) is 8.62. The molecule has 2 fully saturated rings. The number of rotatable bonds is 6. The molecule has 1 spiro atoms. The van der Waals surface area contributed by atoms with Gasteiger partial charge in [-0.25, -0.2) is 0 Å². The summed E-state index contributed by atoms with van der Waals surface area (Å²) in [7, 11) is 1.58. The van der Waals surface area contributed by atoms with Crippen molar-refractivity contribution >= 4 is 23.1 Å². The van der Waals surface area contributed by atoms with Crippen LogP contribution in [0.1, 0.15) is 52.7 Å². The average Bonchev–Trinajstić information content (AvgIpc) is 3.61. The number of carbonyl (C=O) groups is 2. The SMILES string of the molecule is CCc1ccc2c(c1)[C@]1(C(=O)N2)C(C(=O)c2ccc(OC)cc2)C(c2ccc([N+](=O)[O-])cc2)C2CCCN21. The number of ketones is 1. The maximum Gasteiger partial charge on any atom is 0.269 e. The Labute approximate surface area is 220 Å². The molecule has 6 rings (SSSR count). The monoisotopic (exact) mass is 511 g/mol. The first kappa shape index (κ1) is 24.3. The van der Waals surface area contributed by atoms with Crippen LogP contribution in [0.5, 0.6) is 5.75 Å². The molecule has 3 aliphatic heterocycles. The maximum atomic E-state index is 14.6. The fourth-order valence-corrected chi connectivity index (χ4v) is 6.95. The molecule has 194 valence electrons. The lowest BCUT2D eigenvalue weighted by Crippen LogP contribution is -2.52. The van der Waals surface area contributed by atoms with Gasteiger partial charge in [0.2, 0.25) is 5.91 Å². The van der Waals surface area contributed by atoms with Gasteiger partial charge in [-0.1, -0.05) is 31.2 Å². The molecule has 0 saturated carbocycles. The summed E-state index contributed by atoms with van der Waals surface area (Å²) < 4.78 is 5.30. The van der Waals surface area contributed by atoms with Gasteiger partial charge < -0.3 is 10.1 Å². The molecule has 8 nitrogen and oxygen atoms in total. The van der Waals surface area contributed by atoms with Gasteiger partial charge in [-0.2, -0.15) is 0 Å².